The zero-order valence-electron chi connectivity index (χ0n) is 12.6. The predicted octanol–water partition coefficient (Wildman–Crippen LogP) is 1.90. The van der Waals surface area contributed by atoms with Crippen molar-refractivity contribution >= 4 is 5.97 Å². The molecule has 0 saturated heterocycles. The third kappa shape index (κ3) is 4.28. The normalized spacial score (nSPS) is 12.6. The fourth-order valence-electron chi connectivity index (χ4n) is 1.73. The van der Waals surface area contributed by atoms with Crippen LogP contribution in [0.1, 0.15) is 37.5 Å². The minimum absolute atomic E-state index is 0.0340. The van der Waals surface area contributed by atoms with Crippen LogP contribution in [0.5, 0.6) is 0 Å². The Labute approximate surface area is 124 Å². The quantitative estimate of drug-likeness (QED) is 0.781. The Hall–Kier alpha value is -1.90. The lowest BCUT2D eigenvalue weighted by molar-refractivity contribution is -0.152. The van der Waals surface area contributed by atoms with Crippen molar-refractivity contribution in [2.45, 2.75) is 40.6 Å². The third-order valence-corrected chi connectivity index (χ3v) is 3.72. The lowest BCUT2D eigenvalue weighted by Crippen LogP contribution is -2.28. The standard InChI is InChI=1S/C16H21NO4/c1-11(16(2,3)10-17)15(20)21-9-13-5-4-12(7-18)6-14(13)8-19/h4-6,11,18-19H,7-9H2,1-3H3. The highest BCUT2D eigenvalue weighted by atomic mass is 16.5. The van der Waals surface area contributed by atoms with E-state index in [1.807, 2.05) is 0 Å². The van der Waals surface area contributed by atoms with E-state index in [1.54, 1.807) is 39.0 Å². The number of rotatable bonds is 6. The van der Waals surface area contributed by atoms with Gasteiger partial charge in [0.05, 0.1) is 30.6 Å². The van der Waals surface area contributed by atoms with Gasteiger partial charge in [0.2, 0.25) is 0 Å². The molecule has 1 atom stereocenters. The first-order chi connectivity index (χ1) is 9.85. The Morgan fingerprint density at radius 3 is 2.52 bits per heavy atom. The Balaban J connectivity index is 2.76. The highest BCUT2D eigenvalue weighted by molar-refractivity contribution is 5.73. The van der Waals surface area contributed by atoms with Gasteiger partial charge in [0, 0.05) is 0 Å². The number of ether oxygens (including phenoxy) is 1. The zero-order valence-corrected chi connectivity index (χ0v) is 12.6. The summed E-state index contributed by atoms with van der Waals surface area (Å²) in [6.45, 7) is 4.77. The molecule has 0 aromatic heterocycles. The molecule has 114 valence electrons. The van der Waals surface area contributed by atoms with Crippen LogP contribution in [-0.2, 0) is 29.4 Å². The predicted molar refractivity (Wildman–Crippen MR) is 76.6 cm³/mol. The summed E-state index contributed by atoms with van der Waals surface area (Å²) in [5.41, 5.74) is 1.19. The Morgan fingerprint density at radius 1 is 1.33 bits per heavy atom. The van der Waals surface area contributed by atoms with Gasteiger partial charge in [0.1, 0.15) is 6.61 Å². The Kier molecular flexibility index (Phi) is 5.89. The Bertz CT molecular complexity index is 546. The van der Waals surface area contributed by atoms with Gasteiger partial charge in [-0.1, -0.05) is 25.1 Å². The summed E-state index contributed by atoms with van der Waals surface area (Å²) in [6.07, 6.45) is 0. The minimum Gasteiger partial charge on any atom is -0.461 e. The average molecular weight is 291 g/mol. The average Bonchev–Trinajstić information content (AvgIpc) is 2.51. The summed E-state index contributed by atoms with van der Waals surface area (Å²) < 4.78 is 5.23. The van der Waals surface area contributed by atoms with Crippen LogP contribution in [0.3, 0.4) is 0 Å². The number of carbonyl (C=O) groups excluding carboxylic acids is 1. The van der Waals surface area contributed by atoms with Crippen LogP contribution < -0.4 is 0 Å². The molecule has 5 heteroatoms. The summed E-state index contributed by atoms with van der Waals surface area (Å²) in [4.78, 5) is 12.0. The van der Waals surface area contributed by atoms with Crippen LogP contribution in [0.4, 0.5) is 0 Å². The summed E-state index contributed by atoms with van der Waals surface area (Å²) >= 11 is 0. The lowest BCUT2D eigenvalue weighted by atomic mass is 9.81. The molecule has 1 unspecified atom stereocenters. The number of aliphatic hydroxyl groups is 2. The number of hydrogen-bond donors (Lipinski definition) is 2. The van der Waals surface area contributed by atoms with Gasteiger partial charge < -0.3 is 14.9 Å². The van der Waals surface area contributed by atoms with Gasteiger partial charge in [-0.25, -0.2) is 0 Å². The van der Waals surface area contributed by atoms with Gasteiger partial charge in [-0.15, -0.1) is 0 Å². The highest BCUT2D eigenvalue weighted by Crippen LogP contribution is 2.27. The van der Waals surface area contributed by atoms with E-state index < -0.39 is 17.3 Å². The first-order valence-corrected chi connectivity index (χ1v) is 6.76. The largest absolute Gasteiger partial charge is 0.461 e. The van der Waals surface area contributed by atoms with Gasteiger partial charge in [0.15, 0.2) is 0 Å². The minimum atomic E-state index is -0.794. The smallest absolute Gasteiger partial charge is 0.310 e. The molecule has 0 radical (unpaired) electrons. The maximum absolute atomic E-state index is 12.0. The monoisotopic (exact) mass is 291 g/mol. The summed E-state index contributed by atoms with van der Waals surface area (Å²) in [5.74, 6) is -0.992. The molecule has 2 N–H and O–H groups in total. The number of esters is 1. The van der Waals surface area contributed by atoms with E-state index in [4.69, 9.17) is 15.1 Å². The van der Waals surface area contributed by atoms with E-state index >= 15 is 0 Å². The van der Waals surface area contributed by atoms with Gasteiger partial charge in [0.25, 0.3) is 0 Å². The highest BCUT2D eigenvalue weighted by Gasteiger charge is 2.32. The van der Waals surface area contributed by atoms with E-state index in [0.717, 1.165) is 0 Å². The molecule has 0 aliphatic rings. The fraction of sp³-hybridized carbons (Fsp3) is 0.500. The molecule has 0 heterocycles. The second-order valence-corrected chi connectivity index (χ2v) is 5.58. The van der Waals surface area contributed by atoms with Crippen LogP contribution >= 0.6 is 0 Å². The molecule has 1 aromatic rings. The second kappa shape index (κ2) is 7.21. The second-order valence-electron chi connectivity index (χ2n) is 5.58. The molecule has 0 spiro atoms. The van der Waals surface area contributed by atoms with Crippen molar-refractivity contribution in [3.8, 4) is 6.07 Å². The zero-order chi connectivity index (χ0) is 16.0. The van der Waals surface area contributed by atoms with Crippen molar-refractivity contribution < 1.29 is 19.7 Å². The Morgan fingerprint density at radius 2 is 2.00 bits per heavy atom. The van der Waals surface area contributed by atoms with Crippen molar-refractivity contribution in [2.75, 3.05) is 0 Å². The molecule has 1 rings (SSSR count). The number of hydrogen-bond acceptors (Lipinski definition) is 5. The van der Waals surface area contributed by atoms with Crippen LogP contribution in [0.15, 0.2) is 18.2 Å². The number of aliphatic hydroxyl groups excluding tert-OH is 2. The molecule has 0 aliphatic carbocycles. The van der Waals surface area contributed by atoms with Gasteiger partial charge >= 0.3 is 5.97 Å². The first kappa shape index (κ1) is 17.2. The molecular formula is C16H21NO4. The molecule has 0 fully saturated rings. The van der Waals surface area contributed by atoms with Gasteiger partial charge in [-0.3, -0.25) is 4.79 Å². The molecule has 0 saturated carbocycles. The van der Waals surface area contributed by atoms with Crippen molar-refractivity contribution in [3.05, 3.63) is 34.9 Å². The van der Waals surface area contributed by atoms with Gasteiger partial charge in [-0.2, -0.15) is 5.26 Å². The van der Waals surface area contributed by atoms with Crippen LogP contribution in [-0.4, -0.2) is 16.2 Å². The molecule has 5 nitrogen and oxygen atoms in total. The lowest BCUT2D eigenvalue weighted by Gasteiger charge is -2.22. The van der Waals surface area contributed by atoms with Crippen LogP contribution in [0, 0.1) is 22.7 Å². The maximum atomic E-state index is 12.0. The maximum Gasteiger partial charge on any atom is 0.310 e. The third-order valence-electron chi connectivity index (χ3n) is 3.72. The molecule has 0 bridgehead atoms. The number of benzene rings is 1. The van der Waals surface area contributed by atoms with Crippen molar-refractivity contribution in [1.82, 2.24) is 0 Å². The summed E-state index contributed by atoms with van der Waals surface area (Å²) in [5, 5.41) is 27.4. The SMILES string of the molecule is CC(C(=O)OCc1ccc(CO)cc1CO)C(C)(C)C#N. The van der Waals surface area contributed by atoms with E-state index in [2.05, 4.69) is 6.07 Å². The van der Waals surface area contributed by atoms with E-state index in [9.17, 15) is 9.90 Å². The number of carbonyl (C=O) groups is 1. The molecule has 1 aromatic carbocycles. The van der Waals surface area contributed by atoms with Crippen LogP contribution in [0.2, 0.25) is 0 Å². The van der Waals surface area contributed by atoms with Crippen molar-refractivity contribution in [3.63, 3.8) is 0 Å². The first-order valence-electron chi connectivity index (χ1n) is 6.76. The molecule has 0 amide bonds. The topological polar surface area (TPSA) is 90.6 Å². The molecule has 0 aliphatic heterocycles. The summed E-state index contributed by atoms with van der Waals surface area (Å²) in [7, 11) is 0. The fourth-order valence-corrected chi connectivity index (χ4v) is 1.73. The van der Waals surface area contributed by atoms with E-state index in [1.165, 1.54) is 0 Å². The molecular weight excluding hydrogens is 270 g/mol. The number of nitrogens with zero attached hydrogens (tertiary/aromatic N) is 1. The van der Waals surface area contributed by atoms with Gasteiger partial charge in [-0.05, 0) is 30.5 Å². The summed E-state index contributed by atoms with van der Waals surface area (Å²) in [6, 6.07) is 7.19. The van der Waals surface area contributed by atoms with E-state index in [-0.39, 0.29) is 19.8 Å². The van der Waals surface area contributed by atoms with Crippen molar-refractivity contribution in [2.24, 2.45) is 11.3 Å². The van der Waals surface area contributed by atoms with Crippen molar-refractivity contribution in [1.29, 1.82) is 5.26 Å². The number of nitriles is 1. The molecule has 21 heavy (non-hydrogen) atoms. The van der Waals surface area contributed by atoms with Crippen LogP contribution in [0.25, 0.3) is 0 Å². The van der Waals surface area contributed by atoms with E-state index in [0.29, 0.717) is 16.7 Å².